The number of rotatable bonds is 3. The summed E-state index contributed by atoms with van der Waals surface area (Å²) in [5.41, 5.74) is 5.88. The van der Waals surface area contributed by atoms with Crippen LogP contribution in [0.5, 0.6) is 0 Å². The molecule has 4 aromatic rings. The van der Waals surface area contributed by atoms with Gasteiger partial charge in [-0.3, -0.25) is 10.1 Å². The van der Waals surface area contributed by atoms with Crippen molar-refractivity contribution < 1.29 is 4.74 Å². The van der Waals surface area contributed by atoms with Gasteiger partial charge in [-0.1, -0.05) is 6.07 Å². The predicted octanol–water partition coefficient (Wildman–Crippen LogP) is 3.02. The molecular formula is C21H23N7O. The van der Waals surface area contributed by atoms with E-state index >= 15 is 0 Å². The number of fused-ring (bicyclic) bond motifs is 1. The van der Waals surface area contributed by atoms with Crippen molar-refractivity contribution in [3.63, 3.8) is 0 Å². The summed E-state index contributed by atoms with van der Waals surface area (Å²) in [7, 11) is 0. The molecule has 0 radical (unpaired) electrons. The summed E-state index contributed by atoms with van der Waals surface area (Å²) < 4.78 is 7.56. The number of morpholine rings is 1. The third kappa shape index (κ3) is 2.96. The first-order valence-electron chi connectivity index (χ1n) is 9.80. The summed E-state index contributed by atoms with van der Waals surface area (Å²) in [6, 6.07) is 8.39. The van der Waals surface area contributed by atoms with E-state index in [1.54, 1.807) is 6.20 Å². The maximum Gasteiger partial charge on any atom is 0.179 e. The quantitative estimate of drug-likeness (QED) is 0.580. The smallest absolute Gasteiger partial charge is 0.179 e. The Morgan fingerprint density at radius 3 is 2.79 bits per heavy atom. The molecular weight excluding hydrogens is 366 g/mol. The summed E-state index contributed by atoms with van der Waals surface area (Å²) in [5, 5.41) is 12.1. The van der Waals surface area contributed by atoms with Crippen LogP contribution in [0.2, 0.25) is 0 Å². The molecule has 0 spiro atoms. The Bertz CT molecular complexity index is 1170. The van der Waals surface area contributed by atoms with Crippen LogP contribution in [0, 0.1) is 13.8 Å². The minimum Gasteiger partial charge on any atom is -0.377 e. The SMILES string of the molecule is Cc1ncccc1-c1cc(N2CCOC[C@H]2C)nn2c(-c3ccn[nH]3)nc(C)c12. The number of ether oxygens (including phenoxy) is 1. The molecule has 1 atom stereocenters. The number of nitrogens with zero attached hydrogens (tertiary/aromatic N) is 6. The van der Waals surface area contributed by atoms with Crippen molar-refractivity contribution in [1.82, 2.24) is 29.8 Å². The van der Waals surface area contributed by atoms with E-state index in [1.165, 1.54) is 0 Å². The molecule has 8 heteroatoms. The third-order valence-electron chi connectivity index (χ3n) is 5.46. The van der Waals surface area contributed by atoms with Gasteiger partial charge in [0.15, 0.2) is 11.6 Å². The van der Waals surface area contributed by atoms with Gasteiger partial charge in [0.1, 0.15) is 5.69 Å². The van der Waals surface area contributed by atoms with Crippen LogP contribution in [0.15, 0.2) is 36.7 Å². The second kappa shape index (κ2) is 6.97. The monoisotopic (exact) mass is 389 g/mol. The van der Waals surface area contributed by atoms with E-state index in [9.17, 15) is 0 Å². The molecule has 0 unspecified atom stereocenters. The first-order valence-corrected chi connectivity index (χ1v) is 9.80. The molecule has 0 bridgehead atoms. The fourth-order valence-electron chi connectivity index (χ4n) is 3.99. The number of imidazole rings is 1. The van der Waals surface area contributed by atoms with Gasteiger partial charge in [-0.15, -0.1) is 5.10 Å². The molecule has 1 aliphatic rings. The van der Waals surface area contributed by atoms with Gasteiger partial charge in [0.2, 0.25) is 0 Å². The number of anilines is 1. The van der Waals surface area contributed by atoms with Gasteiger partial charge in [0, 0.05) is 35.8 Å². The molecule has 5 rings (SSSR count). The molecule has 29 heavy (non-hydrogen) atoms. The molecule has 0 aromatic carbocycles. The first-order chi connectivity index (χ1) is 14.1. The van der Waals surface area contributed by atoms with E-state index in [-0.39, 0.29) is 6.04 Å². The predicted molar refractivity (Wildman–Crippen MR) is 111 cm³/mol. The molecule has 0 aliphatic carbocycles. The fourth-order valence-corrected chi connectivity index (χ4v) is 3.99. The molecule has 4 aromatic heterocycles. The first kappa shape index (κ1) is 17.8. The zero-order valence-corrected chi connectivity index (χ0v) is 16.8. The maximum atomic E-state index is 5.63. The molecule has 1 fully saturated rings. The second-order valence-electron chi connectivity index (χ2n) is 7.42. The van der Waals surface area contributed by atoms with Crippen LogP contribution in [0.4, 0.5) is 5.82 Å². The van der Waals surface area contributed by atoms with Gasteiger partial charge in [-0.2, -0.15) is 5.10 Å². The molecule has 0 amide bonds. The molecule has 148 valence electrons. The van der Waals surface area contributed by atoms with Gasteiger partial charge in [0.05, 0.1) is 30.5 Å². The van der Waals surface area contributed by atoms with Crippen LogP contribution >= 0.6 is 0 Å². The van der Waals surface area contributed by atoms with Crippen LogP contribution in [0.25, 0.3) is 28.2 Å². The van der Waals surface area contributed by atoms with Crippen molar-refractivity contribution in [2.24, 2.45) is 0 Å². The molecule has 5 heterocycles. The van der Waals surface area contributed by atoms with Crippen molar-refractivity contribution in [3.05, 3.63) is 48.0 Å². The van der Waals surface area contributed by atoms with E-state index in [4.69, 9.17) is 14.8 Å². The Balaban J connectivity index is 1.81. The fraction of sp³-hybridized carbons (Fsp3) is 0.333. The highest BCUT2D eigenvalue weighted by Gasteiger charge is 2.25. The number of aromatic nitrogens is 6. The Morgan fingerprint density at radius 1 is 1.14 bits per heavy atom. The summed E-state index contributed by atoms with van der Waals surface area (Å²) in [5.74, 6) is 1.66. The molecule has 0 saturated carbocycles. The minimum atomic E-state index is 0.247. The van der Waals surface area contributed by atoms with Crippen molar-refractivity contribution in [3.8, 4) is 22.6 Å². The van der Waals surface area contributed by atoms with Crippen LogP contribution in [-0.2, 0) is 4.74 Å². The highest BCUT2D eigenvalue weighted by Crippen LogP contribution is 2.34. The summed E-state index contributed by atoms with van der Waals surface area (Å²) in [4.78, 5) is 11.6. The van der Waals surface area contributed by atoms with Crippen molar-refractivity contribution in [2.75, 3.05) is 24.7 Å². The highest BCUT2D eigenvalue weighted by molar-refractivity contribution is 5.86. The zero-order chi connectivity index (χ0) is 20.0. The summed E-state index contributed by atoms with van der Waals surface area (Å²) in [6.07, 6.45) is 3.55. The van der Waals surface area contributed by atoms with Crippen molar-refractivity contribution in [2.45, 2.75) is 26.8 Å². The zero-order valence-electron chi connectivity index (χ0n) is 16.8. The average molecular weight is 389 g/mol. The lowest BCUT2D eigenvalue weighted by atomic mass is 10.0. The molecule has 1 N–H and O–H groups in total. The lowest BCUT2D eigenvalue weighted by Gasteiger charge is -2.34. The van der Waals surface area contributed by atoms with E-state index in [1.807, 2.05) is 36.7 Å². The van der Waals surface area contributed by atoms with E-state index in [0.717, 1.165) is 51.9 Å². The second-order valence-corrected chi connectivity index (χ2v) is 7.42. The number of aryl methyl sites for hydroxylation is 2. The Labute approximate surface area is 168 Å². The van der Waals surface area contributed by atoms with Gasteiger partial charge in [0.25, 0.3) is 0 Å². The summed E-state index contributed by atoms with van der Waals surface area (Å²) >= 11 is 0. The number of nitrogens with one attached hydrogen (secondary N) is 1. The van der Waals surface area contributed by atoms with Crippen LogP contribution in [-0.4, -0.2) is 55.6 Å². The highest BCUT2D eigenvalue weighted by atomic mass is 16.5. The largest absolute Gasteiger partial charge is 0.377 e. The van der Waals surface area contributed by atoms with E-state index in [0.29, 0.717) is 13.2 Å². The molecule has 8 nitrogen and oxygen atoms in total. The van der Waals surface area contributed by atoms with Gasteiger partial charge in [-0.05, 0) is 39.0 Å². The van der Waals surface area contributed by atoms with Crippen LogP contribution in [0.3, 0.4) is 0 Å². The van der Waals surface area contributed by atoms with Crippen molar-refractivity contribution >= 4 is 11.3 Å². The number of hydrogen-bond acceptors (Lipinski definition) is 6. The number of hydrogen-bond donors (Lipinski definition) is 1. The van der Waals surface area contributed by atoms with Gasteiger partial charge < -0.3 is 9.64 Å². The Morgan fingerprint density at radius 2 is 2.03 bits per heavy atom. The van der Waals surface area contributed by atoms with Gasteiger partial charge in [-0.25, -0.2) is 9.50 Å². The Hall–Kier alpha value is -3.26. The minimum absolute atomic E-state index is 0.247. The lowest BCUT2D eigenvalue weighted by Crippen LogP contribution is -2.44. The normalized spacial score (nSPS) is 17.2. The number of pyridine rings is 1. The van der Waals surface area contributed by atoms with Gasteiger partial charge >= 0.3 is 0 Å². The summed E-state index contributed by atoms with van der Waals surface area (Å²) in [6.45, 7) is 8.40. The number of aromatic amines is 1. The molecule has 1 saturated heterocycles. The Kier molecular flexibility index (Phi) is 4.28. The van der Waals surface area contributed by atoms with Crippen LogP contribution < -0.4 is 4.90 Å². The third-order valence-corrected chi connectivity index (χ3v) is 5.46. The van der Waals surface area contributed by atoms with E-state index in [2.05, 4.69) is 39.1 Å². The molecule has 1 aliphatic heterocycles. The van der Waals surface area contributed by atoms with Crippen molar-refractivity contribution in [1.29, 1.82) is 0 Å². The number of H-pyrrole nitrogens is 1. The lowest BCUT2D eigenvalue weighted by molar-refractivity contribution is 0.0984. The average Bonchev–Trinajstić information content (AvgIpc) is 3.36. The maximum absolute atomic E-state index is 5.63. The topological polar surface area (TPSA) is 84.2 Å². The van der Waals surface area contributed by atoms with Crippen LogP contribution in [0.1, 0.15) is 18.3 Å². The standard InChI is InChI=1S/C21H23N7O/c1-13-12-29-10-9-27(13)19-11-17(16-5-4-7-22-14(16)2)20-15(3)24-21(28(20)26-19)18-6-8-23-25-18/h4-8,11,13H,9-10,12H2,1-3H3,(H,23,25)/t13-/m1/s1. The van der Waals surface area contributed by atoms with E-state index < -0.39 is 0 Å².